The fourth-order valence-corrected chi connectivity index (χ4v) is 6.38. The maximum Gasteiger partial charge on any atom is 0.333 e. The number of nitrogens with one attached hydrogen (secondary N) is 2. The first kappa shape index (κ1) is 26.9. The smallest absolute Gasteiger partial charge is 0.333 e. The first-order valence-electron chi connectivity index (χ1n) is 11.9. The van der Waals surface area contributed by atoms with Gasteiger partial charge < -0.3 is 15.7 Å². The number of carbonyl (C=O) groups excluding carboxylic acids is 1. The van der Waals surface area contributed by atoms with E-state index >= 15 is 0 Å². The molecule has 0 saturated carbocycles. The molecule has 3 heterocycles. The Bertz CT molecular complexity index is 1520. The minimum absolute atomic E-state index is 0.0681. The number of fused-ring (bicyclic) bond motifs is 1. The van der Waals surface area contributed by atoms with Crippen LogP contribution in [0.4, 0.5) is 5.82 Å². The average molecular weight is 576 g/mol. The number of hydrogen-bond donors (Lipinski definition) is 4. The first-order chi connectivity index (χ1) is 18.1. The maximum absolute atomic E-state index is 13.6. The number of anilines is 1. The van der Waals surface area contributed by atoms with E-state index < -0.39 is 22.3 Å². The topological polar surface area (TPSA) is 157 Å². The van der Waals surface area contributed by atoms with Gasteiger partial charge in [0.2, 0.25) is 5.78 Å². The second-order valence-corrected chi connectivity index (χ2v) is 12.2. The Labute approximate surface area is 229 Å². The molecule has 0 fully saturated rings. The summed E-state index contributed by atoms with van der Waals surface area (Å²) in [5.74, 6) is -0.460. The number of aromatic nitrogens is 2. The van der Waals surface area contributed by atoms with E-state index in [0.29, 0.717) is 15.6 Å². The molecule has 38 heavy (non-hydrogen) atoms. The largest absolute Gasteiger partial charge is 0.389 e. The number of allylic oxidation sites excluding steroid dienone is 1. The van der Waals surface area contributed by atoms with Crippen molar-refractivity contribution in [2.45, 2.75) is 31.9 Å². The third-order valence-corrected chi connectivity index (χ3v) is 8.44. The predicted octanol–water partition coefficient (Wildman–Crippen LogP) is 2.86. The Balaban J connectivity index is 1.36. The monoisotopic (exact) mass is 575 g/mol. The van der Waals surface area contributed by atoms with Crippen molar-refractivity contribution < 1.29 is 22.5 Å². The van der Waals surface area contributed by atoms with Gasteiger partial charge in [-0.2, -0.15) is 8.42 Å². The molecule has 13 heteroatoms. The van der Waals surface area contributed by atoms with Crippen LogP contribution in [0.5, 0.6) is 0 Å². The summed E-state index contributed by atoms with van der Waals surface area (Å²) >= 11 is 7.69. The quantitative estimate of drug-likeness (QED) is 0.296. The van der Waals surface area contributed by atoms with E-state index in [-0.39, 0.29) is 36.2 Å². The molecular formula is C25H26ClN5O5S2. The number of hydrogen-bond acceptors (Lipinski definition) is 10. The van der Waals surface area contributed by atoms with Gasteiger partial charge in [-0.15, -0.1) is 11.3 Å². The van der Waals surface area contributed by atoms with Crippen molar-refractivity contribution in [2.75, 3.05) is 18.5 Å². The van der Waals surface area contributed by atoms with Gasteiger partial charge in [-0.3, -0.25) is 8.98 Å². The van der Waals surface area contributed by atoms with Crippen LogP contribution in [0.3, 0.4) is 0 Å². The molecule has 1 aliphatic carbocycles. The summed E-state index contributed by atoms with van der Waals surface area (Å²) in [6, 6.07) is 7.77. The molecular weight excluding hydrogens is 550 g/mol. The van der Waals surface area contributed by atoms with E-state index in [1.165, 1.54) is 35.5 Å². The lowest BCUT2D eigenvalue weighted by molar-refractivity contribution is 0.104. The highest BCUT2D eigenvalue weighted by atomic mass is 35.5. The van der Waals surface area contributed by atoms with Crippen LogP contribution in [0.25, 0.3) is 0 Å². The van der Waals surface area contributed by atoms with Crippen LogP contribution < -0.4 is 15.8 Å². The molecule has 0 bridgehead atoms. The van der Waals surface area contributed by atoms with Gasteiger partial charge in [0.05, 0.1) is 29.2 Å². The van der Waals surface area contributed by atoms with Gasteiger partial charge in [0.1, 0.15) is 12.1 Å². The first-order valence-corrected chi connectivity index (χ1v) is 14.6. The van der Waals surface area contributed by atoms with E-state index in [1.807, 2.05) is 25.1 Å². The van der Waals surface area contributed by atoms with E-state index in [9.17, 15) is 18.3 Å². The van der Waals surface area contributed by atoms with Crippen LogP contribution in [0.15, 0.2) is 48.6 Å². The minimum Gasteiger partial charge on any atom is -0.389 e. The van der Waals surface area contributed by atoms with Crippen molar-refractivity contribution in [1.29, 1.82) is 0 Å². The Kier molecular flexibility index (Phi) is 7.65. The second-order valence-electron chi connectivity index (χ2n) is 9.27. The summed E-state index contributed by atoms with van der Waals surface area (Å²) in [5.41, 5.74) is 4.23. The molecule has 3 atom stereocenters. The summed E-state index contributed by atoms with van der Waals surface area (Å²) in [6.45, 7) is 2.55. The van der Waals surface area contributed by atoms with Gasteiger partial charge >= 0.3 is 10.3 Å². The summed E-state index contributed by atoms with van der Waals surface area (Å²) in [6.07, 6.45) is 4.57. The molecule has 1 unspecified atom stereocenters. The van der Waals surface area contributed by atoms with E-state index in [4.69, 9.17) is 16.7 Å². The number of ketones is 1. The number of nitrogens with two attached hydrogens (primary N) is 1. The van der Waals surface area contributed by atoms with Crippen molar-refractivity contribution in [1.82, 2.24) is 15.3 Å². The number of aliphatic hydroxyl groups excluding tert-OH is 1. The zero-order valence-electron chi connectivity index (χ0n) is 20.3. The molecule has 5 N–H and O–H groups in total. The van der Waals surface area contributed by atoms with Crippen molar-refractivity contribution in [3.63, 3.8) is 0 Å². The standard InChI is InChI=1S/C25H26ClN5O5S2/c1-13-18(23-19-7-16(26)3-2-14(19)4-5-29-23)9-22(37-13)24(33)20-10-28-12-30-25(20)31-17-6-15(21(32)8-17)11-36-38(27,34)35/h2-3,7-10,12,15,21,23,29,32H,4-6,11H2,1H3,(H2,27,34,35)(H,28,30,31)/t15?,21-,23-/m0/s1. The van der Waals surface area contributed by atoms with Crippen LogP contribution in [0, 0.1) is 12.8 Å². The minimum atomic E-state index is -4.12. The second kappa shape index (κ2) is 10.8. The van der Waals surface area contributed by atoms with E-state index in [2.05, 4.69) is 30.9 Å². The van der Waals surface area contributed by atoms with Gasteiger partial charge in [-0.1, -0.05) is 17.7 Å². The summed E-state index contributed by atoms with van der Waals surface area (Å²) < 4.78 is 26.8. The molecule has 0 spiro atoms. The third-order valence-electron chi connectivity index (χ3n) is 6.67. The highest BCUT2D eigenvalue weighted by Gasteiger charge is 2.30. The molecule has 1 aromatic carbocycles. The molecule has 5 rings (SSSR count). The molecule has 0 amide bonds. The zero-order chi connectivity index (χ0) is 27.0. The predicted molar refractivity (Wildman–Crippen MR) is 144 cm³/mol. The Morgan fingerprint density at radius 1 is 1.34 bits per heavy atom. The third kappa shape index (κ3) is 5.81. The molecule has 0 radical (unpaired) electrons. The van der Waals surface area contributed by atoms with Gasteiger partial charge in [-0.05, 0) is 60.7 Å². The van der Waals surface area contributed by atoms with Crippen LogP contribution in [0.2, 0.25) is 5.02 Å². The number of aliphatic hydroxyl groups is 1. The average Bonchev–Trinajstić information content (AvgIpc) is 3.43. The van der Waals surface area contributed by atoms with E-state index in [0.717, 1.165) is 29.0 Å². The van der Waals surface area contributed by atoms with Crippen LogP contribution >= 0.6 is 22.9 Å². The van der Waals surface area contributed by atoms with Crippen molar-refractivity contribution in [2.24, 2.45) is 11.1 Å². The van der Waals surface area contributed by atoms with Gasteiger partial charge in [0, 0.05) is 34.3 Å². The molecule has 1 aliphatic heterocycles. The molecule has 3 aromatic rings. The lowest BCUT2D eigenvalue weighted by Crippen LogP contribution is -2.30. The lowest BCUT2D eigenvalue weighted by atomic mass is 9.90. The summed E-state index contributed by atoms with van der Waals surface area (Å²) in [7, 11) is -4.12. The highest BCUT2D eigenvalue weighted by molar-refractivity contribution is 7.84. The van der Waals surface area contributed by atoms with Crippen LogP contribution in [-0.4, -0.2) is 48.5 Å². The Morgan fingerprint density at radius 2 is 2.16 bits per heavy atom. The summed E-state index contributed by atoms with van der Waals surface area (Å²) in [5, 5.41) is 22.5. The van der Waals surface area contributed by atoms with Crippen LogP contribution in [-0.2, 0) is 20.9 Å². The number of rotatable bonds is 8. The molecule has 10 nitrogen and oxygen atoms in total. The van der Waals surface area contributed by atoms with Crippen molar-refractivity contribution in [3.8, 4) is 0 Å². The molecule has 2 aromatic heterocycles. The number of nitrogens with zero attached hydrogens (tertiary/aromatic N) is 2. The molecule has 2 aliphatic rings. The van der Waals surface area contributed by atoms with Crippen LogP contribution in [0.1, 0.15) is 49.3 Å². The van der Waals surface area contributed by atoms with Gasteiger partial charge in [0.25, 0.3) is 0 Å². The summed E-state index contributed by atoms with van der Waals surface area (Å²) in [4.78, 5) is 23.5. The number of aryl methyl sites for hydroxylation is 1. The number of carbonyl (C=O) groups is 1. The fraction of sp³-hybridized carbons (Fsp3) is 0.320. The van der Waals surface area contributed by atoms with Crippen molar-refractivity contribution >= 4 is 44.8 Å². The zero-order valence-corrected chi connectivity index (χ0v) is 22.7. The van der Waals surface area contributed by atoms with Gasteiger partial charge in [0.15, 0.2) is 0 Å². The Hall–Kier alpha value is -2.71. The number of thiophene rings is 1. The normalized spacial score (nSPS) is 21.2. The number of benzene rings is 1. The Morgan fingerprint density at radius 3 is 2.95 bits per heavy atom. The molecule has 200 valence electrons. The van der Waals surface area contributed by atoms with Gasteiger partial charge in [-0.25, -0.2) is 15.1 Å². The maximum atomic E-state index is 13.6. The SMILES string of the molecule is Cc1sc(C(=O)c2cncnc2NC2=C[C@H](O)C(COS(N)(=O)=O)C2)cc1[C@@H]1NCCc2ccc(Cl)cc21. The molecule has 0 saturated heterocycles. The number of halogens is 1. The van der Waals surface area contributed by atoms with E-state index in [1.54, 1.807) is 0 Å². The highest BCUT2D eigenvalue weighted by Crippen LogP contribution is 2.37. The van der Waals surface area contributed by atoms with Crippen molar-refractivity contribution in [3.05, 3.63) is 85.6 Å². The lowest BCUT2D eigenvalue weighted by Gasteiger charge is -2.27. The fourth-order valence-electron chi connectivity index (χ4n) is 4.82.